The van der Waals surface area contributed by atoms with Gasteiger partial charge < -0.3 is 0 Å². The fourth-order valence-corrected chi connectivity index (χ4v) is 3.07. The van der Waals surface area contributed by atoms with Gasteiger partial charge in [0.05, 0.1) is 0 Å². The van der Waals surface area contributed by atoms with Crippen LogP contribution in [0.1, 0.15) is 104 Å². The monoisotopic (exact) mass is 342 g/mol. The molecule has 0 aromatic rings. The Morgan fingerprint density at radius 1 is 1.04 bits per heavy atom. The van der Waals surface area contributed by atoms with Crippen molar-refractivity contribution in [2.24, 2.45) is 5.92 Å². The third-order valence-electron chi connectivity index (χ3n) is 4.82. The molecule has 0 amide bonds. The predicted octanol–water partition coefficient (Wildman–Crippen LogP) is 8.41. The average Bonchev–Trinajstić information content (AvgIpc) is 2.60. The van der Waals surface area contributed by atoms with Gasteiger partial charge in [0.2, 0.25) is 0 Å². The van der Waals surface area contributed by atoms with Crippen LogP contribution in [0.3, 0.4) is 0 Å². The van der Waals surface area contributed by atoms with Crippen LogP contribution in [0.5, 0.6) is 0 Å². The van der Waals surface area contributed by atoms with E-state index in [-0.39, 0.29) is 0 Å². The molecule has 142 valence electrons. The van der Waals surface area contributed by atoms with E-state index < -0.39 is 0 Å². The molecule has 1 atom stereocenters. The van der Waals surface area contributed by atoms with Crippen molar-refractivity contribution in [3.8, 4) is 12.3 Å². The van der Waals surface area contributed by atoms with E-state index in [1.807, 2.05) is 0 Å². The molecule has 0 bridgehead atoms. The molecule has 1 rings (SSSR count). The number of rotatable bonds is 12. The summed E-state index contributed by atoms with van der Waals surface area (Å²) in [6.07, 6.45) is 29.2. The van der Waals surface area contributed by atoms with Crippen LogP contribution in [0.25, 0.3) is 0 Å². The molecule has 1 unspecified atom stereocenters. The van der Waals surface area contributed by atoms with E-state index in [2.05, 4.69) is 51.5 Å². The van der Waals surface area contributed by atoms with Crippen molar-refractivity contribution in [1.82, 2.24) is 0 Å². The summed E-state index contributed by atoms with van der Waals surface area (Å²) >= 11 is 0. The van der Waals surface area contributed by atoms with Crippen LogP contribution in [0.15, 0.2) is 36.0 Å². The third kappa shape index (κ3) is 16.0. The number of terminal acetylenes is 1. The Balaban J connectivity index is 0.000000496. The van der Waals surface area contributed by atoms with Gasteiger partial charge in [0, 0.05) is 12.3 Å². The maximum atomic E-state index is 5.20. The van der Waals surface area contributed by atoms with Crippen LogP contribution in [-0.4, -0.2) is 0 Å². The van der Waals surface area contributed by atoms with E-state index >= 15 is 0 Å². The molecule has 0 aromatic carbocycles. The van der Waals surface area contributed by atoms with E-state index in [1.165, 1.54) is 81.8 Å². The zero-order chi connectivity index (χ0) is 18.8. The van der Waals surface area contributed by atoms with Gasteiger partial charge in [-0.05, 0) is 26.7 Å². The van der Waals surface area contributed by atoms with Crippen molar-refractivity contribution in [2.45, 2.75) is 104 Å². The van der Waals surface area contributed by atoms with E-state index in [9.17, 15) is 0 Å². The quantitative estimate of drug-likeness (QED) is 0.190. The van der Waals surface area contributed by atoms with Crippen LogP contribution in [0, 0.1) is 18.3 Å². The summed E-state index contributed by atoms with van der Waals surface area (Å²) in [6.45, 7) is 10.5. The standard InChI is InChI=1S/C15H28.C10H14/c1-3-5-7-9-11-13-15-14-12-10-8-6-4-2;1-8(2)10-6-4-5-9(3)7-10/h1H,4-15H2,2H3;4-6,10H,1,7H2,2-3H3. The first kappa shape index (κ1) is 23.8. The first-order valence-electron chi connectivity index (χ1n) is 10.5. The SMILES string of the molecule is C#CCCCCCCCCCCCCC.C=C(C)C1C=CC=C(C)C1. The average molecular weight is 343 g/mol. The molecular weight excluding hydrogens is 300 g/mol. The topological polar surface area (TPSA) is 0 Å². The van der Waals surface area contributed by atoms with E-state index in [0.29, 0.717) is 5.92 Å². The fourth-order valence-electron chi connectivity index (χ4n) is 3.07. The van der Waals surface area contributed by atoms with Crippen molar-refractivity contribution in [3.63, 3.8) is 0 Å². The molecule has 0 nitrogen and oxygen atoms in total. The number of unbranched alkanes of at least 4 members (excludes halogenated alkanes) is 11. The summed E-state index contributed by atoms with van der Waals surface area (Å²) in [6, 6.07) is 0. The Hall–Kier alpha value is -1.22. The summed E-state index contributed by atoms with van der Waals surface area (Å²) in [5.41, 5.74) is 2.72. The molecule has 25 heavy (non-hydrogen) atoms. The lowest BCUT2D eigenvalue weighted by Gasteiger charge is -2.15. The van der Waals surface area contributed by atoms with Gasteiger partial charge in [-0.3, -0.25) is 0 Å². The molecule has 1 aliphatic carbocycles. The second-order valence-electron chi connectivity index (χ2n) is 7.54. The van der Waals surface area contributed by atoms with E-state index in [0.717, 1.165) is 12.8 Å². The molecule has 0 heterocycles. The highest BCUT2D eigenvalue weighted by Gasteiger charge is 2.07. The van der Waals surface area contributed by atoms with Crippen LogP contribution in [0.2, 0.25) is 0 Å². The summed E-state index contributed by atoms with van der Waals surface area (Å²) in [5, 5.41) is 0. The molecule has 0 saturated heterocycles. The van der Waals surface area contributed by atoms with Crippen molar-refractivity contribution in [2.75, 3.05) is 0 Å². The second-order valence-corrected chi connectivity index (χ2v) is 7.54. The maximum absolute atomic E-state index is 5.20. The maximum Gasteiger partial charge on any atom is 0.00860 e. The number of hydrogen-bond acceptors (Lipinski definition) is 0. The van der Waals surface area contributed by atoms with Gasteiger partial charge in [-0.2, -0.15) is 0 Å². The second kappa shape index (κ2) is 17.6. The molecule has 0 radical (unpaired) electrons. The first-order chi connectivity index (χ1) is 12.1. The number of allylic oxidation sites excluding steroid dienone is 5. The van der Waals surface area contributed by atoms with Crippen molar-refractivity contribution < 1.29 is 0 Å². The minimum Gasteiger partial charge on any atom is -0.120 e. The van der Waals surface area contributed by atoms with Gasteiger partial charge in [-0.1, -0.05) is 107 Å². The Labute approximate surface area is 158 Å². The minimum atomic E-state index is 0.588. The summed E-state index contributed by atoms with van der Waals surface area (Å²) in [7, 11) is 0. The van der Waals surface area contributed by atoms with E-state index in [4.69, 9.17) is 6.42 Å². The van der Waals surface area contributed by atoms with Crippen molar-refractivity contribution in [1.29, 1.82) is 0 Å². The molecule has 0 N–H and O–H groups in total. The molecule has 1 aliphatic rings. The van der Waals surface area contributed by atoms with Gasteiger partial charge in [0.1, 0.15) is 0 Å². The van der Waals surface area contributed by atoms with Gasteiger partial charge in [-0.25, -0.2) is 0 Å². The minimum absolute atomic E-state index is 0.588. The highest BCUT2D eigenvalue weighted by atomic mass is 14.1. The molecule has 0 aromatic heterocycles. The Morgan fingerprint density at radius 3 is 1.96 bits per heavy atom. The van der Waals surface area contributed by atoms with Gasteiger partial charge in [0.25, 0.3) is 0 Å². The lowest BCUT2D eigenvalue weighted by Crippen LogP contribution is -2.00. The zero-order valence-electron chi connectivity index (χ0n) is 17.3. The lowest BCUT2D eigenvalue weighted by atomic mass is 9.90. The van der Waals surface area contributed by atoms with Crippen LogP contribution < -0.4 is 0 Å². The molecular formula is C25H42. The van der Waals surface area contributed by atoms with Crippen molar-refractivity contribution >= 4 is 0 Å². The lowest BCUT2D eigenvalue weighted by molar-refractivity contribution is 0.551. The first-order valence-corrected chi connectivity index (χ1v) is 10.5. The zero-order valence-corrected chi connectivity index (χ0v) is 17.3. The van der Waals surface area contributed by atoms with Gasteiger partial charge in [0.15, 0.2) is 0 Å². The highest BCUT2D eigenvalue weighted by Crippen LogP contribution is 2.23. The summed E-state index contributed by atoms with van der Waals surface area (Å²) < 4.78 is 0. The molecule has 0 fully saturated rings. The Kier molecular flexibility index (Phi) is 16.7. The van der Waals surface area contributed by atoms with Gasteiger partial charge >= 0.3 is 0 Å². The number of hydrogen-bond donors (Lipinski definition) is 0. The van der Waals surface area contributed by atoms with E-state index in [1.54, 1.807) is 0 Å². The van der Waals surface area contributed by atoms with Crippen LogP contribution >= 0.6 is 0 Å². The highest BCUT2D eigenvalue weighted by molar-refractivity contribution is 5.23. The largest absolute Gasteiger partial charge is 0.120 e. The van der Waals surface area contributed by atoms with Crippen LogP contribution in [0.4, 0.5) is 0 Å². The smallest absolute Gasteiger partial charge is 0.00860 e. The fraction of sp³-hybridized carbons (Fsp3) is 0.680. The Morgan fingerprint density at radius 2 is 1.56 bits per heavy atom. The summed E-state index contributed by atoms with van der Waals surface area (Å²) in [5.74, 6) is 3.29. The van der Waals surface area contributed by atoms with Gasteiger partial charge in [-0.15, -0.1) is 12.3 Å². The third-order valence-corrected chi connectivity index (χ3v) is 4.82. The normalized spacial score (nSPS) is 15.8. The Bertz CT molecular complexity index is 416. The van der Waals surface area contributed by atoms with Crippen molar-refractivity contribution in [3.05, 3.63) is 36.0 Å². The predicted molar refractivity (Wildman–Crippen MR) is 116 cm³/mol. The molecule has 0 heteroatoms. The molecule has 0 aliphatic heterocycles. The summed E-state index contributed by atoms with van der Waals surface area (Å²) in [4.78, 5) is 0. The van der Waals surface area contributed by atoms with Crippen LogP contribution in [-0.2, 0) is 0 Å². The molecule has 0 saturated carbocycles. The molecule has 0 spiro atoms.